The second-order valence-electron chi connectivity index (χ2n) is 4.02. The molecule has 0 saturated carbocycles. The van der Waals surface area contributed by atoms with Crippen LogP contribution in [0.2, 0.25) is 0 Å². The Labute approximate surface area is 101 Å². The first kappa shape index (κ1) is 11.3. The lowest BCUT2D eigenvalue weighted by atomic mass is 10.1. The molecule has 0 spiro atoms. The molecule has 3 nitrogen and oxygen atoms in total. The first-order valence-corrected chi connectivity index (χ1v) is 5.48. The molecular weight excluding hydrogens is 210 g/mol. The molecule has 0 amide bonds. The Morgan fingerprint density at radius 2 is 2.29 bits per heavy atom. The summed E-state index contributed by atoms with van der Waals surface area (Å²) in [6.45, 7) is 7.75. The third-order valence-corrected chi connectivity index (χ3v) is 2.38. The highest BCUT2D eigenvalue weighted by Crippen LogP contribution is 2.17. The Hall–Kier alpha value is -2.16. The Bertz CT molecular complexity index is 599. The number of allylic oxidation sites excluding steroid dienone is 2. The van der Waals surface area contributed by atoms with Gasteiger partial charge in [0.15, 0.2) is 0 Å². The second-order valence-corrected chi connectivity index (χ2v) is 4.02. The summed E-state index contributed by atoms with van der Waals surface area (Å²) < 4.78 is 0. The molecule has 3 heteroatoms. The molecule has 86 valence electrons. The quantitative estimate of drug-likeness (QED) is 0.798. The Kier molecular flexibility index (Phi) is 3.19. The molecule has 0 atom stereocenters. The van der Waals surface area contributed by atoms with Crippen LogP contribution in [0.4, 0.5) is 0 Å². The number of hydrogen-bond donors (Lipinski definition) is 1. The molecule has 0 aliphatic rings. The molecule has 0 aliphatic heterocycles. The van der Waals surface area contributed by atoms with Gasteiger partial charge in [0.2, 0.25) is 0 Å². The summed E-state index contributed by atoms with van der Waals surface area (Å²) in [5.74, 6) is 0. The number of nitrogens with zero attached hydrogens (tertiary/aromatic N) is 2. The lowest BCUT2D eigenvalue weighted by Crippen LogP contribution is -1.95. The number of aromatic amines is 1. The van der Waals surface area contributed by atoms with Crippen molar-refractivity contribution >= 4 is 16.7 Å². The SMILES string of the molecule is C=C/N=C(\C=C(C)C)c1c[nH]c2ncccc12. The van der Waals surface area contributed by atoms with Crippen molar-refractivity contribution < 1.29 is 0 Å². The first-order valence-electron chi connectivity index (χ1n) is 5.48. The maximum absolute atomic E-state index is 4.31. The Morgan fingerprint density at radius 1 is 1.47 bits per heavy atom. The lowest BCUT2D eigenvalue weighted by molar-refractivity contribution is 1.32. The zero-order chi connectivity index (χ0) is 12.3. The van der Waals surface area contributed by atoms with Crippen LogP contribution in [0, 0.1) is 0 Å². The van der Waals surface area contributed by atoms with Crippen molar-refractivity contribution in [1.29, 1.82) is 0 Å². The van der Waals surface area contributed by atoms with Crippen molar-refractivity contribution in [3.8, 4) is 0 Å². The Balaban J connectivity index is 2.61. The molecule has 0 radical (unpaired) electrons. The minimum absolute atomic E-state index is 0.876. The third-order valence-electron chi connectivity index (χ3n) is 2.38. The predicted octanol–water partition coefficient (Wildman–Crippen LogP) is 3.46. The highest BCUT2D eigenvalue weighted by molar-refractivity contribution is 6.16. The van der Waals surface area contributed by atoms with Crippen molar-refractivity contribution in [1.82, 2.24) is 9.97 Å². The summed E-state index contributed by atoms with van der Waals surface area (Å²) >= 11 is 0. The molecule has 0 aromatic carbocycles. The number of H-pyrrole nitrogens is 1. The van der Waals surface area contributed by atoms with Crippen molar-refractivity contribution in [2.24, 2.45) is 4.99 Å². The van der Waals surface area contributed by atoms with Gasteiger partial charge in [0.05, 0.1) is 5.71 Å². The number of aromatic nitrogens is 2. The average molecular weight is 225 g/mol. The minimum atomic E-state index is 0.876. The van der Waals surface area contributed by atoms with E-state index in [4.69, 9.17) is 0 Å². The normalized spacial score (nSPS) is 11.5. The van der Waals surface area contributed by atoms with Gasteiger partial charge in [-0.05, 0) is 32.1 Å². The molecule has 0 fully saturated rings. The molecule has 0 saturated heterocycles. The largest absolute Gasteiger partial charge is 0.345 e. The fourth-order valence-electron chi connectivity index (χ4n) is 1.72. The first-order chi connectivity index (χ1) is 8.22. The maximum atomic E-state index is 4.31. The van der Waals surface area contributed by atoms with Gasteiger partial charge in [0, 0.05) is 29.5 Å². The third kappa shape index (κ3) is 2.33. The van der Waals surface area contributed by atoms with Crippen molar-refractivity contribution in [3.63, 3.8) is 0 Å². The topological polar surface area (TPSA) is 41.0 Å². The van der Waals surface area contributed by atoms with Crippen molar-refractivity contribution in [2.75, 3.05) is 0 Å². The van der Waals surface area contributed by atoms with Gasteiger partial charge in [-0.15, -0.1) is 0 Å². The van der Waals surface area contributed by atoms with Gasteiger partial charge in [-0.1, -0.05) is 12.2 Å². The Morgan fingerprint density at radius 3 is 3.00 bits per heavy atom. The van der Waals surface area contributed by atoms with Crippen LogP contribution in [0.5, 0.6) is 0 Å². The second kappa shape index (κ2) is 4.78. The van der Waals surface area contributed by atoms with Gasteiger partial charge in [0.1, 0.15) is 5.65 Å². The smallest absolute Gasteiger partial charge is 0.137 e. The van der Waals surface area contributed by atoms with E-state index in [1.807, 2.05) is 38.3 Å². The van der Waals surface area contributed by atoms with Crippen LogP contribution in [0.3, 0.4) is 0 Å². The molecule has 0 aliphatic carbocycles. The summed E-state index contributed by atoms with van der Waals surface area (Å²) in [7, 11) is 0. The van der Waals surface area contributed by atoms with E-state index in [0.717, 1.165) is 22.3 Å². The molecular formula is C14H15N3. The van der Waals surface area contributed by atoms with E-state index in [-0.39, 0.29) is 0 Å². The summed E-state index contributed by atoms with van der Waals surface area (Å²) in [4.78, 5) is 11.7. The fraction of sp³-hybridized carbons (Fsp3) is 0.143. The van der Waals surface area contributed by atoms with Gasteiger partial charge < -0.3 is 4.98 Å². The number of rotatable bonds is 3. The van der Waals surface area contributed by atoms with E-state index in [1.54, 1.807) is 12.4 Å². The van der Waals surface area contributed by atoms with Gasteiger partial charge >= 0.3 is 0 Å². The van der Waals surface area contributed by atoms with E-state index in [9.17, 15) is 0 Å². The summed E-state index contributed by atoms with van der Waals surface area (Å²) in [5.41, 5.74) is 4.03. The molecule has 17 heavy (non-hydrogen) atoms. The van der Waals surface area contributed by atoms with Crippen LogP contribution < -0.4 is 0 Å². The van der Waals surface area contributed by atoms with Crippen molar-refractivity contribution in [2.45, 2.75) is 13.8 Å². The number of fused-ring (bicyclic) bond motifs is 1. The van der Waals surface area contributed by atoms with Gasteiger partial charge in [-0.3, -0.25) is 4.99 Å². The van der Waals surface area contributed by atoms with Crippen LogP contribution in [-0.2, 0) is 0 Å². The average Bonchev–Trinajstić information content (AvgIpc) is 2.71. The fourth-order valence-corrected chi connectivity index (χ4v) is 1.72. The van der Waals surface area contributed by atoms with Crippen LogP contribution in [0.25, 0.3) is 11.0 Å². The van der Waals surface area contributed by atoms with Crippen LogP contribution in [0.1, 0.15) is 19.4 Å². The summed E-state index contributed by atoms with van der Waals surface area (Å²) in [6, 6.07) is 3.96. The number of pyridine rings is 1. The van der Waals surface area contributed by atoms with Gasteiger partial charge in [-0.25, -0.2) is 4.98 Å². The monoisotopic (exact) mass is 225 g/mol. The molecule has 2 rings (SSSR count). The lowest BCUT2D eigenvalue weighted by Gasteiger charge is -1.99. The van der Waals surface area contributed by atoms with Crippen LogP contribution in [0.15, 0.2) is 53.9 Å². The van der Waals surface area contributed by atoms with Gasteiger partial charge in [-0.2, -0.15) is 0 Å². The van der Waals surface area contributed by atoms with E-state index in [2.05, 4.69) is 21.5 Å². The van der Waals surface area contributed by atoms with E-state index in [0.29, 0.717) is 0 Å². The molecule has 2 heterocycles. The summed E-state index contributed by atoms with van der Waals surface area (Å²) in [5, 5.41) is 1.07. The van der Waals surface area contributed by atoms with Crippen LogP contribution >= 0.6 is 0 Å². The number of aliphatic imine (C=N–C) groups is 1. The minimum Gasteiger partial charge on any atom is -0.345 e. The highest BCUT2D eigenvalue weighted by atomic mass is 14.8. The molecule has 2 aromatic rings. The van der Waals surface area contributed by atoms with Crippen LogP contribution in [-0.4, -0.2) is 15.7 Å². The molecule has 2 aromatic heterocycles. The van der Waals surface area contributed by atoms with Crippen molar-refractivity contribution in [3.05, 3.63) is 54.5 Å². The summed E-state index contributed by atoms with van der Waals surface area (Å²) in [6.07, 6.45) is 7.30. The zero-order valence-electron chi connectivity index (χ0n) is 10.1. The van der Waals surface area contributed by atoms with Gasteiger partial charge in [0.25, 0.3) is 0 Å². The highest BCUT2D eigenvalue weighted by Gasteiger charge is 2.07. The molecule has 0 bridgehead atoms. The molecule has 1 N–H and O–H groups in total. The number of hydrogen-bond acceptors (Lipinski definition) is 2. The predicted molar refractivity (Wildman–Crippen MR) is 72.3 cm³/mol. The molecule has 0 unspecified atom stereocenters. The standard InChI is InChI=1S/C14H15N3/c1-4-15-13(8-10(2)3)12-9-17-14-11(12)6-5-7-16-14/h4-9H,1H2,2-3H3,(H,16,17)/b15-13+. The van der Waals surface area contributed by atoms with E-state index >= 15 is 0 Å². The van der Waals surface area contributed by atoms with E-state index < -0.39 is 0 Å². The van der Waals surface area contributed by atoms with E-state index in [1.165, 1.54) is 5.57 Å². The zero-order valence-corrected chi connectivity index (χ0v) is 10.1. The number of nitrogens with one attached hydrogen (secondary N) is 1. The maximum Gasteiger partial charge on any atom is 0.137 e.